The summed E-state index contributed by atoms with van der Waals surface area (Å²) in [5.41, 5.74) is 16.8. The number of aryl methyl sites for hydroxylation is 2. The molecule has 0 fully saturated rings. The van der Waals surface area contributed by atoms with E-state index in [-0.39, 0.29) is 10.8 Å². The Kier molecular flexibility index (Phi) is 5.91. The highest BCUT2D eigenvalue weighted by atomic mass is 14.6. The predicted octanol–water partition coefficient (Wildman–Crippen LogP) is 9.47. The van der Waals surface area contributed by atoms with Gasteiger partial charge in [-0.3, -0.25) is 0 Å². The first-order chi connectivity index (χ1) is 17.4. The number of hydrogen-bond acceptors (Lipinski definition) is 0. The summed E-state index contributed by atoms with van der Waals surface area (Å²) in [6, 6.07) is 12.9. The number of rotatable bonds is 1. The van der Waals surface area contributed by atoms with Gasteiger partial charge in [-0.05, 0) is 122 Å². The minimum Gasteiger partial charge on any atom is -0.0955 e. The zero-order valence-corrected chi connectivity index (χ0v) is 23.8. The summed E-state index contributed by atoms with van der Waals surface area (Å²) in [6.07, 6.45) is 3.21. The molecule has 5 rings (SSSR count). The van der Waals surface area contributed by atoms with Crippen LogP contribution in [0.25, 0.3) is 5.57 Å². The van der Waals surface area contributed by atoms with Crippen molar-refractivity contribution in [1.82, 2.24) is 0 Å². The van der Waals surface area contributed by atoms with E-state index in [2.05, 4.69) is 110 Å². The Bertz CT molecular complexity index is 1500. The van der Waals surface area contributed by atoms with Gasteiger partial charge in [0, 0.05) is 17.0 Å². The number of benzene rings is 2. The van der Waals surface area contributed by atoms with Crippen LogP contribution < -0.4 is 0 Å². The minimum absolute atomic E-state index is 0.0226. The average molecular weight is 485 g/mol. The van der Waals surface area contributed by atoms with Crippen molar-refractivity contribution in [3.05, 3.63) is 123 Å². The van der Waals surface area contributed by atoms with Crippen molar-refractivity contribution in [2.24, 2.45) is 16.7 Å². The van der Waals surface area contributed by atoms with E-state index in [1.54, 1.807) is 0 Å². The summed E-state index contributed by atoms with van der Waals surface area (Å²) < 4.78 is 0. The van der Waals surface area contributed by atoms with Gasteiger partial charge in [-0.25, -0.2) is 0 Å². The predicted molar refractivity (Wildman–Crippen MR) is 159 cm³/mol. The Morgan fingerprint density at radius 2 is 1.59 bits per heavy atom. The Morgan fingerprint density at radius 1 is 0.919 bits per heavy atom. The molecule has 0 amide bonds. The summed E-state index contributed by atoms with van der Waals surface area (Å²) in [7, 11) is 0. The van der Waals surface area contributed by atoms with Crippen molar-refractivity contribution in [3.8, 4) is 11.8 Å². The molecule has 0 spiro atoms. The van der Waals surface area contributed by atoms with Crippen LogP contribution in [0.1, 0.15) is 80.8 Å². The van der Waals surface area contributed by atoms with Crippen molar-refractivity contribution in [1.29, 1.82) is 0 Å². The van der Waals surface area contributed by atoms with Gasteiger partial charge in [0.05, 0.1) is 0 Å². The first-order valence-electron chi connectivity index (χ1n) is 13.5. The summed E-state index contributed by atoms with van der Waals surface area (Å²) in [4.78, 5) is 0. The molecule has 0 saturated carbocycles. The van der Waals surface area contributed by atoms with Crippen LogP contribution >= 0.6 is 0 Å². The van der Waals surface area contributed by atoms with Crippen LogP contribution in [0.15, 0.2) is 89.6 Å². The molecule has 188 valence electrons. The summed E-state index contributed by atoms with van der Waals surface area (Å²) in [5, 5.41) is 0. The average Bonchev–Trinajstić information content (AvgIpc) is 2.77. The second-order valence-corrected chi connectivity index (χ2v) is 12.6. The van der Waals surface area contributed by atoms with Crippen LogP contribution in [-0.2, 0) is 6.42 Å². The Hall–Kier alpha value is -3.30. The van der Waals surface area contributed by atoms with Gasteiger partial charge in [0.25, 0.3) is 0 Å². The van der Waals surface area contributed by atoms with Gasteiger partial charge in [-0.2, -0.15) is 0 Å². The van der Waals surface area contributed by atoms with E-state index < -0.39 is 0 Å². The third-order valence-electron chi connectivity index (χ3n) is 9.20. The van der Waals surface area contributed by atoms with E-state index >= 15 is 0 Å². The minimum atomic E-state index is 0.0226. The molecule has 0 saturated heterocycles. The third kappa shape index (κ3) is 3.92. The van der Waals surface area contributed by atoms with E-state index in [0.717, 1.165) is 36.0 Å². The highest BCUT2D eigenvalue weighted by Gasteiger charge is 2.53. The molecule has 2 aromatic carbocycles. The highest BCUT2D eigenvalue weighted by molar-refractivity contribution is 5.87. The van der Waals surface area contributed by atoms with Crippen LogP contribution in [0.5, 0.6) is 0 Å². The highest BCUT2D eigenvalue weighted by Crippen LogP contribution is 2.65. The molecule has 3 unspecified atom stereocenters. The molecule has 0 aromatic heterocycles. The molecule has 3 aliphatic rings. The van der Waals surface area contributed by atoms with Gasteiger partial charge < -0.3 is 0 Å². The fraction of sp³-hybridized carbons (Fsp3) is 0.351. The second-order valence-electron chi connectivity index (χ2n) is 12.6. The second kappa shape index (κ2) is 8.63. The Morgan fingerprint density at radius 3 is 2.24 bits per heavy atom. The molecule has 3 aliphatic carbocycles. The molecular weight excluding hydrogens is 444 g/mol. The lowest BCUT2D eigenvalue weighted by Crippen LogP contribution is -2.46. The molecule has 3 atom stereocenters. The van der Waals surface area contributed by atoms with Crippen molar-refractivity contribution >= 4 is 5.57 Å². The van der Waals surface area contributed by atoms with Crippen molar-refractivity contribution < 1.29 is 0 Å². The molecular formula is C37H40. The molecule has 0 N–H and O–H groups in total. The van der Waals surface area contributed by atoms with Crippen molar-refractivity contribution in [2.75, 3.05) is 0 Å². The topological polar surface area (TPSA) is 0 Å². The maximum Gasteiger partial charge on any atom is 0.0287 e. The zero-order chi connectivity index (χ0) is 26.9. The summed E-state index contributed by atoms with van der Waals surface area (Å²) in [5.74, 6) is 7.30. The van der Waals surface area contributed by atoms with Gasteiger partial charge in [0.15, 0.2) is 0 Å². The van der Waals surface area contributed by atoms with Crippen molar-refractivity contribution in [3.63, 3.8) is 0 Å². The number of hydrogen-bond donors (Lipinski definition) is 0. The van der Waals surface area contributed by atoms with E-state index in [0.29, 0.717) is 5.92 Å². The van der Waals surface area contributed by atoms with Crippen LogP contribution in [0.4, 0.5) is 0 Å². The lowest BCUT2D eigenvalue weighted by Gasteiger charge is -2.56. The van der Waals surface area contributed by atoms with Crippen LogP contribution in [0.3, 0.4) is 0 Å². The maximum absolute atomic E-state index is 4.75. The van der Waals surface area contributed by atoms with E-state index in [4.69, 9.17) is 6.58 Å². The summed E-state index contributed by atoms with van der Waals surface area (Å²) in [6.45, 7) is 29.8. The third-order valence-corrected chi connectivity index (χ3v) is 9.20. The molecule has 0 aliphatic heterocycles. The first kappa shape index (κ1) is 25.4. The smallest absolute Gasteiger partial charge is 0.0287 e. The maximum atomic E-state index is 4.75. The monoisotopic (exact) mass is 484 g/mol. The molecule has 37 heavy (non-hydrogen) atoms. The zero-order valence-electron chi connectivity index (χ0n) is 23.8. The van der Waals surface area contributed by atoms with Crippen LogP contribution in [0, 0.1) is 42.4 Å². The largest absolute Gasteiger partial charge is 0.0955 e. The Balaban J connectivity index is 1.66. The van der Waals surface area contributed by atoms with Gasteiger partial charge >= 0.3 is 0 Å². The standard InChI is InChI=1S/C37H40/c1-22(2)32-25(5)19-36(9)21-37(10)20-31-30(18-16-29-14-11-23(3)12-15-29)17-13-24(4)33(31)27(7)35(37)28(8)34(36)26(32)6/h11-15,17,34H,1,6-7,19-21H2,2-5,8-10H3. The fourth-order valence-corrected chi connectivity index (χ4v) is 8.35. The fourth-order valence-electron chi connectivity index (χ4n) is 8.35. The van der Waals surface area contributed by atoms with Crippen LogP contribution in [0.2, 0.25) is 0 Å². The van der Waals surface area contributed by atoms with Gasteiger partial charge in [-0.15, -0.1) is 0 Å². The lowest BCUT2D eigenvalue weighted by molar-refractivity contribution is 0.119. The summed E-state index contributed by atoms with van der Waals surface area (Å²) >= 11 is 0. The van der Waals surface area contributed by atoms with Crippen LogP contribution in [-0.4, -0.2) is 0 Å². The SMILES string of the molecule is C=C(C)C1=C(C)CC2(C)CC3(C)Cc4c(C#Cc5ccc(C)cc5)ccc(C)c4C(=C)C3=C(C)C2C1=C. The van der Waals surface area contributed by atoms with Gasteiger partial charge in [0.2, 0.25) is 0 Å². The molecule has 0 heteroatoms. The normalized spacial score (nSPS) is 26.7. The lowest BCUT2D eigenvalue weighted by atomic mass is 9.47. The molecule has 0 heterocycles. The number of fused-ring (bicyclic) bond motifs is 3. The number of allylic oxidation sites excluding steroid dienone is 7. The molecule has 0 bridgehead atoms. The quantitative estimate of drug-likeness (QED) is 0.354. The van der Waals surface area contributed by atoms with Gasteiger partial charge in [-0.1, -0.05) is 85.9 Å². The molecule has 0 radical (unpaired) electrons. The van der Waals surface area contributed by atoms with E-state index in [1.165, 1.54) is 55.7 Å². The molecule has 2 aromatic rings. The van der Waals surface area contributed by atoms with E-state index in [9.17, 15) is 0 Å². The molecule has 0 nitrogen and oxygen atoms in total. The van der Waals surface area contributed by atoms with Crippen molar-refractivity contribution in [2.45, 2.75) is 67.7 Å². The van der Waals surface area contributed by atoms with Gasteiger partial charge in [0.1, 0.15) is 0 Å². The first-order valence-corrected chi connectivity index (χ1v) is 13.5. The van der Waals surface area contributed by atoms with E-state index in [1.807, 2.05) is 0 Å². The Labute approximate surface area is 224 Å².